The zero-order chi connectivity index (χ0) is 21.5. The van der Waals surface area contributed by atoms with Crippen molar-refractivity contribution >= 4 is 23.4 Å². The van der Waals surface area contributed by atoms with Gasteiger partial charge in [-0.2, -0.15) is 0 Å². The minimum Gasteiger partial charge on any atom is -0.489 e. The first-order valence-corrected chi connectivity index (χ1v) is 10.8. The van der Waals surface area contributed by atoms with E-state index in [1.54, 1.807) is 0 Å². The number of ether oxygens (including phenoxy) is 1. The van der Waals surface area contributed by atoms with Crippen LogP contribution in [0.3, 0.4) is 0 Å². The smallest absolute Gasteiger partial charge is 0.234 e. The van der Waals surface area contributed by atoms with E-state index in [0.717, 1.165) is 28.4 Å². The highest BCUT2D eigenvalue weighted by molar-refractivity contribution is 7.99. The van der Waals surface area contributed by atoms with Crippen molar-refractivity contribution < 1.29 is 9.53 Å². The maximum atomic E-state index is 12.3. The molecule has 156 valence electrons. The zero-order valence-electron chi connectivity index (χ0n) is 17.1. The van der Waals surface area contributed by atoms with E-state index in [9.17, 15) is 4.79 Å². The SMILES string of the molecule is Cn1c(SCC(=O)Nc2ccc(OCc3ccccc3)cc2)nnc1-c1ccccc1. The van der Waals surface area contributed by atoms with Crippen LogP contribution in [-0.2, 0) is 18.4 Å². The van der Waals surface area contributed by atoms with E-state index in [1.165, 1.54) is 11.8 Å². The number of thioether (sulfide) groups is 1. The second-order valence-corrected chi connectivity index (χ2v) is 7.81. The van der Waals surface area contributed by atoms with Gasteiger partial charge < -0.3 is 14.6 Å². The third kappa shape index (κ3) is 5.52. The van der Waals surface area contributed by atoms with E-state index in [2.05, 4.69) is 15.5 Å². The number of hydrogen-bond acceptors (Lipinski definition) is 5. The average Bonchev–Trinajstić information content (AvgIpc) is 3.19. The number of carbonyl (C=O) groups is 1. The van der Waals surface area contributed by atoms with Crippen LogP contribution >= 0.6 is 11.8 Å². The molecule has 1 amide bonds. The number of hydrogen-bond donors (Lipinski definition) is 1. The van der Waals surface area contributed by atoms with Gasteiger partial charge in [0.1, 0.15) is 12.4 Å². The summed E-state index contributed by atoms with van der Waals surface area (Å²) >= 11 is 1.35. The summed E-state index contributed by atoms with van der Waals surface area (Å²) in [4.78, 5) is 12.3. The maximum absolute atomic E-state index is 12.3. The standard InChI is InChI=1S/C24H22N4O2S/c1-28-23(19-10-6-3-7-11-19)26-27-24(28)31-17-22(29)25-20-12-14-21(15-13-20)30-16-18-8-4-2-5-9-18/h2-15H,16-17H2,1H3,(H,25,29). The predicted octanol–water partition coefficient (Wildman–Crippen LogP) is 4.79. The van der Waals surface area contributed by atoms with Gasteiger partial charge >= 0.3 is 0 Å². The summed E-state index contributed by atoms with van der Waals surface area (Å²) in [5.74, 6) is 1.66. The molecule has 1 N–H and O–H groups in total. The Morgan fingerprint density at radius 1 is 0.935 bits per heavy atom. The summed E-state index contributed by atoms with van der Waals surface area (Å²) in [6.45, 7) is 0.506. The van der Waals surface area contributed by atoms with Gasteiger partial charge in [0.2, 0.25) is 5.91 Å². The third-order valence-corrected chi connectivity index (χ3v) is 5.61. The van der Waals surface area contributed by atoms with Crippen LogP contribution in [-0.4, -0.2) is 26.4 Å². The van der Waals surface area contributed by atoms with Crippen LogP contribution < -0.4 is 10.1 Å². The fourth-order valence-electron chi connectivity index (χ4n) is 2.98. The van der Waals surface area contributed by atoms with Gasteiger partial charge in [-0.25, -0.2) is 0 Å². The van der Waals surface area contributed by atoms with Crippen LogP contribution in [0.5, 0.6) is 5.75 Å². The Morgan fingerprint density at radius 2 is 1.61 bits per heavy atom. The normalized spacial score (nSPS) is 10.6. The molecule has 0 radical (unpaired) electrons. The summed E-state index contributed by atoms with van der Waals surface area (Å²) in [6.07, 6.45) is 0. The predicted molar refractivity (Wildman–Crippen MR) is 123 cm³/mol. The lowest BCUT2D eigenvalue weighted by molar-refractivity contribution is -0.113. The van der Waals surface area contributed by atoms with Crippen molar-refractivity contribution in [3.05, 3.63) is 90.5 Å². The van der Waals surface area contributed by atoms with Gasteiger partial charge in [0.15, 0.2) is 11.0 Å². The first-order chi connectivity index (χ1) is 15.2. The molecule has 3 aromatic carbocycles. The molecule has 0 saturated heterocycles. The van der Waals surface area contributed by atoms with E-state index in [4.69, 9.17) is 4.74 Å². The van der Waals surface area contributed by atoms with Gasteiger partial charge in [-0.15, -0.1) is 10.2 Å². The lowest BCUT2D eigenvalue weighted by atomic mass is 10.2. The molecule has 0 unspecified atom stereocenters. The van der Waals surface area contributed by atoms with Crippen LogP contribution in [0.15, 0.2) is 90.1 Å². The maximum Gasteiger partial charge on any atom is 0.234 e. The van der Waals surface area contributed by atoms with Crippen LogP contribution in [0.25, 0.3) is 11.4 Å². The highest BCUT2D eigenvalue weighted by Gasteiger charge is 2.13. The highest BCUT2D eigenvalue weighted by Crippen LogP contribution is 2.23. The van der Waals surface area contributed by atoms with Crippen molar-refractivity contribution in [2.45, 2.75) is 11.8 Å². The minimum atomic E-state index is -0.104. The second-order valence-electron chi connectivity index (χ2n) is 6.87. The van der Waals surface area contributed by atoms with Gasteiger partial charge in [0.05, 0.1) is 5.75 Å². The van der Waals surface area contributed by atoms with E-state index < -0.39 is 0 Å². The summed E-state index contributed by atoms with van der Waals surface area (Å²) in [7, 11) is 1.90. The summed E-state index contributed by atoms with van der Waals surface area (Å²) in [5.41, 5.74) is 2.82. The number of benzene rings is 3. The van der Waals surface area contributed by atoms with E-state index in [0.29, 0.717) is 11.8 Å². The first-order valence-electron chi connectivity index (χ1n) is 9.83. The van der Waals surface area contributed by atoms with Crippen molar-refractivity contribution in [3.8, 4) is 17.1 Å². The van der Waals surface area contributed by atoms with Crippen molar-refractivity contribution in [2.24, 2.45) is 7.05 Å². The van der Waals surface area contributed by atoms with Crippen molar-refractivity contribution in [1.29, 1.82) is 0 Å². The molecule has 0 bridgehead atoms. The summed E-state index contributed by atoms with van der Waals surface area (Å²) in [6, 6.07) is 27.2. The van der Waals surface area contributed by atoms with Crippen molar-refractivity contribution in [1.82, 2.24) is 14.8 Å². The molecule has 0 aliphatic heterocycles. The molecule has 0 atom stereocenters. The molecule has 0 fully saturated rings. The van der Waals surface area contributed by atoms with Gasteiger partial charge in [-0.05, 0) is 29.8 Å². The lowest BCUT2D eigenvalue weighted by Crippen LogP contribution is -2.14. The Balaban J connectivity index is 1.28. The van der Waals surface area contributed by atoms with Gasteiger partial charge in [0.25, 0.3) is 0 Å². The molecular formula is C24H22N4O2S. The summed E-state index contributed by atoms with van der Waals surface area (Å²) in [5, 5.41) is 12.0. The molecule has 0 aliphatic rings. The van der Waals surface area contributed by atoms with E-state index in [-0.39, 0.29) is 11.7 Å². The fraction of sp³-hybridized carbons (Fsp3) is 0.125. The number of anilines is 1. The first kappa shape index (κ1) is 20.7. The van der Waals surface area contributed by atoms with E-state index >= 15 is 0 Å². The zero-order valence-corrected chi connectivity index (χ0v) is 17.9. The Bertz CT molecular complexity index is 1130. The monoisotopic (exact) mass is 430 g/mol. The van der Waals surface area contributed by atoms with Crippen LogP contribution in [0.2, 0.25) is 0 Å². The van der Waals surface area contributed by atoms with Gasteiger partial charge in [0, 0.05) is 18.3 Å². The second kappa shape index (κ2) is 9.95. The van der Waals surface area contributed by atoms with Crippen LogP contribution in [0.4, 0.5) is 5.69 Å². The fourth-order valence-corrected chi connectivity index (χ4v) is 3.69. The minimum absolute atomic E-state index is 0.104. The van der Waals surface area contributed by atoms with Crippen LogP contribution in [0, 0.1) is 0 Å². The molecule has 6 nitrogen and oxygen atoms in total. The van der Waals surface area contributed by atoms with Gasteiger partial charge in [-0.1, -0.05) is 72.4 Å². The van der Waals surface area contributed by atoms with Crippen LogP contribution in [0.1, 0.15) is 5.56 Å². The number of amides is 1. The molecule has 0 spiro atoms. The molecular weight excluding hydrogens is 408 g/mol. The number of carbonyl (C=O) groups excluding carboxylic acids is 1. The number of rotatable bonds is 8. The average molecular weight is 431 g/mol. The van der Waals surface area contributed by atoms with Crippen molar-refractivity contribution in [3.63, 3.8) is 0 Å². The topological polar surface area (TPSA) is 69.0 Å². The molecule has 0 saturated carbocycles. The lowest BCUT2D eigenvalue weighted by Gasteiger charge is -2.08. The van der Waals surface area contributed by atoms with Crippen molar-refractivity contribution in [2.75, 3.05) is 11.1 Å². The quantitative estimate of drug-likeness (QED) is 0.407. The number of aromatic nitrogens is 3. The molecule has 0 aliphatic carbocycles. The Hall–Kier alpha value is -3.58. The number of nitrogens with one attached hydrogen (secondary N) is 1. The highest BCUT2D eigenvalue weighted by atomic mass is 32.2. The Labute approximate surface area is 185 Å². The third-order valence-electron chi connectivity index (χ3n) is 4.59. The largest absolute Gasteiger partial charge is 0.489 e. The van der Waals surface area contributed by atoms with E-state index in [1.807, 2.05) is 96.5 Å². The Morgan fingerprint density at radius 3 is 2.32 bits per heavy atom. The summed E-state index contributed by atoms with van der Waals surface area (Å²) < 4.78 is 7.67. The molecule has 7 heteroatoms. The number of nitrogens with zero attached hydrogens (tertiary/aromatic N) is 3. The molecule has 1 aromatic heterocycles. The van der Waals surface area contributed by atoms with Gasteiger partial charge in [-0.3, -0.25) is 4.79 Å². The molecule has 31 heavy (non-hydrogen) atoms. The Kier molecular flexibility index (Phi) is 6.64. The molecule has 4 rings (SSSR count). The molecule has 4 aromatic rings. The molecule has 1 heterocycles.